The van der Waals surface area contributed by atoms with Gasteiger partial charge >= 0.3 is 6.03 Å². The van der Waals surface area contributed by atoms with Gasteiger partial charge in [-0.25, -0.2) is 4.79 Å². The molecule has 110 valence electrons. The van der Waals surface area contributed by atoms with Crippen LogP contribution in [-0.4, -0.2) is 48.1 Å². The Hall–Kier alpha value is -1.55. The first kappa shape index (κ1) is 14.9. The van der Waals surface area contributed by atoms with Gasteiger partial charge in [0.15, 0.2) is 0 Å². The number of nitrogens with zero attached hydrogens (tertiary/aromatic N) is 2. The van der Waals surface area contributed by atoms with Crippen LogP contribution in [0.25, 0.3) is 0 Å². The number of hydrogen-bond acceptors (Lipinski definition) is 2. The Labute approximate surface area is 121 Å². The Balaban J connectivity index is 1.79. The molecular formula is C16H25N3O. The molecule has 20 heavy (non-hydrogen) atoms. The summed E-state index contributed by atoms with van der Waals surface area (Å²) < 4.78 is 0. The molecule has 0 aromatic heterocycles. The molecule has 4 nitrogen and oxygen atoms in total. The third kappa shape index (κ3) is 4.23. The lowest BCUT2D eigenvalue weighted by molar-refractivity contribution is 0.134. The van der Waals surface area contributed by atoms with Gasteiger partial charge in [-0.15, -0.1) is 0 Å². The standard InChI is InChI=1S/C16H25N3O/c1-13(2)17-16(20)19-10-8-18(9-11-19)12-15-6-4-14(3)5-7-15/h4-7,13H,8-12H2,1-3H3,(H,17,20). The maximum absolute atomic E-state index is 11.9. The molecule has 1 aliphatic heterocycles. The number of carbonyl (C=O) groups excluding carboxylic acids is 1. The highest BCUT2D eigenvalue weighted by atomic mass is 16.2. The van der Waals surface area contributed by atoms with E-state index in [0.29, 0.717) is 0 Å². The Morgan fingerprint density at radius 1 is 1.15 bits per heavy atom. The average molecular weight is 275 g/mol. The summed E-state index contributed by atoms with van der Waals surface area (Å²) in [6.07, 6.45) is 0. The fourth-order valence-corrected chi connectivity index (χ4v) is 2.40. The first-order valence-electron chi connectivity index (χ1n) is 7.38. The number of urea groups is 1. The fraction of sp³-hybridized carbons (Fsp3) is 0.562. The molecule has 1 aromatic rings. The lowest BCUT2D eigenvalue weighted by Gasteiger charge is -2.35. The maximum Gasteiger partial charge on any atom is 0.317 e. The van der Waals surface area contributed by atoms with Crippen molar-refractivity contribution in [3.8, 4) is 0 Å². The molecule has 0 radical (unpaired) electrons. The summed E-state index contributed by atoms with van der Waals surface area (Å²) >= 11 is 0. The van der Waals surface area contributed by atoms with Crippen LogP contribution in [0.2, 0.25) is 0 Å². The molecule has 1 aromatic carbocycles. The van der Waals surface area contributed by atoms with E-state index in [1.54, 1.807) is 0 Å². The van der Waals surface area contributed by atoms with Crippen LogP contribution in [0.4, 0.5) is 4.79 Å². The Morgan fingerprint density at radius 2 is 1.75 bits per heavy atom. The van der Waals surface area contributed by atoms with Gasteiger partial charge in [-0.1, -0.05) is 29.8 Å². The van der Waals surface area contributed by atoms with Gasteiger partial charge < -0.3 is 10.2 Å². The molecule has 0 unspecified atom stereocenters. The highest BCUT2D eigenvalue weighted by molar-refractivity contribution is 5.74. The number of amides is 2. The zero-order valence-corrected chi connectivity index (χ0v) is 12.7. The molecule has 1 heterocycles. The highest BCUT2D eigenvalue weighted by Gasteiger charge is 2.21. The molecule has 1 N–H and O–H groups in total. The number of piperazine rings is 1. The van der Waals surface area contributed by atoms with Crippen molar-refractivity contribution in [2.24, 2.45) is 0 Å². The van der Waals surface area contributed by atoms with Gasteiger partial charge in [0.25, 0.3) is 0 Å². The van der Waals surface area contributed by atoms with Gasteiger partial charge in [0.2, 0.25) is 0 Å². The van der Waals surface area contributed by atoms with Crippen molar-refractivity contribution < 1.29 is 4.79 Å². The van der Waals surface area contributed by atoms with Crippen LogP contribution in [0.1, 0.15) is 25.0 Å². The minimum absolute atomic E-state index is 0.0648. The summed E-state index contributed by atoms with van der Waals surface area (Å²) in [5, 5.41) is 2.95. The largest absolute Gasteiger partial charge is 0.336 e. The van der Waals surface area contributed by atoms with Crippen molar-refractivity contribution >= 4 is 6.03 Å². The van der Waals surface area contributed by atoms with Crippen LogP contribution in [0, 0.1) is 6.92 Å². The molecule has 0 aliphatic carbocycles. The summed E-state index contributed by atoms with van der Waals surface area (Å²) in [5.41, 5.74) is 2.64. The summed E-state index contributed by atoms with van der Waals surface area (Å²) in [6, 6.07) is 8.95. The zero-order valence-electron chi connectivity index (χ0n) is 12.7. The monoisotopic (exact) mass is 275 g/mol. The summed E-state index contributed by atoms with van der Waals surface area (Å²) in [7, 11) is 0. The van der Waals surface area contributed by atoms with Crippen molar-refractivity contribution in [1.29, 1.82) is 0 Å². The van der Waals surface area contributed by atoms with E-state index in [-0.39, 0.29) is 12.1 Å². The molecule has 0 bridgehead atoms. The van der Waals surface area contributed by atoms with Crippen LogP contribution in [0.5, 0.6) is 0 Å². The predicted octanol–water partition coefficient (Wildman–Crippen LogP) is 2.23. The first-order valence-corrected chi connectivity index (χ1v) is 7.38. The molecule has 1 fully saturated rings. The Kier molecular flexibility index (Phi) is 5.01. The number of benzene rings is 1. The number of hydrogen-bond donors (Lipinski definition) is 1. The molecular weight excluding hydrogens is 250 g/mol. The number of nitrogens with one attached hydrogen (secondary N) is 1. The third-order valence-corrected chi connectivity index (χ3v) is 3.60. The molecule has 2 rings (SSSR count). The summed E-state index contributed by atoms with van der Waals surface area (Å²) in [6.45, 7) is 10.6. The SMILES string of the molecule is Cc1ccc(CN2CCN(C(=O)NC(C)C)CC2)cc1. The predicted molar refractivity (Wildman–Crippen MR) is 81.7 cm³/mol. The minimum Gasteiger partial charge on any atom is -0.336 e. The number of aryl methyl sites for hydroxylation is 1. The topological polar surface area (TPSA) is 35.6 Å². The average Bonchev–Trinajstić information content (AvgIpc) is 2.41. The van der Waals surface area contributed by atoms with Gasteiger partial charge in [0.1, 0.15) is 0 Å². The van der Waals surface area contributed by atoms with E-state index in [4.69, 9.17) is 0 Å². The van der Waals surface area contributed by atoms with Crippen molar-refractivity contribution in [1.82, 2.24) is 15.1 Å². The molecule has 1 aliphatic rings. The van der Waals surface area contributed by atoms with Crippen molar-refractivity contribution in [2.45, 2.75) is 33.4 Å². The number of rotatable bonds is 3. The zero-order chi connectivity index (χ0) is 14.5. The van der Waals surface area contributed by atoms with Gasteiger partial charge in [-0.05, 0) is 26.3 Å². The number of carbonyl (C=O) groups is 1. The lowest BCUT2D eigenvalue weighted by Crippen LogP contribution is -2.52. The minimum atomic E-state index is 0.0648. The second-order valence-corrected chi connectivity index (χ2v) is 5.85. The van der Waals surface area contributed by atoms with Crippen LogP contribution in [0.15, 0.2) is 24.3 Å². The molecule has 0 atom stereocenters. The fourth-order valence-electron chi connectivity index (χ4n) is 2.40. The van der Waals surface area contributed by atoms with Gasteiger partial charge in [0, 0.05) is 38.8 Å². The van der Waals surface area contributed by atoms with E-state index < -0.39 is 0 Å². The van der Waals surface area contributed by atoms with Crippen LogP contribution < -0.4 is 5.32 Å². The van der Waals surface area contributed by atoms with Crippen molar-refractivity contribution in [3.05, 3.63) is 35.4 Å². The molecule has 2 amide bonds. The third-order valence-electron chi connectivity index (χ3n) is 3.60. The van der Waals surface area contributed by atoms with E-state index in [1.807, 2.05) is 18.7 Å². The smallest absolute Gasteiger partial charge is 0.317 e. The molecule has 1 saturated heterocycles. The molecule has 0 saturated carbocycles. The normalized spacial score (nSPS) is 16.5. The van der Waals surface area contributed by atoms with E-state index in [2.05, 4.69) is 41.4 Å². The van der Waals surface area contributed by atoms with Gasteiger partial charge in [-0.2, -0.15) is 0 Å². The van der Waals surface area contributed by atoms with Crippen LogP contribution in [-0.2, 0) is 6.54 Å². The lowest BCUT2D eigenvalue weighted by atomic mass is 10.1. The van der Waals surface area contributed by atoms with Crippen molar-refractivity contribution in [3.63, 3.8) is 0 Å². The maximum atomic E-state index is 11.9. The Morgan fingerprint density at radius 3 is 2.30 bits per heavy atom. The van der Waals surface area contributed by atoms with E-state index in [0.717, 1.165) is 32.7 Å². The van der Waals surface area contributed by atoms with Gasteiger partial charge in [-0.3, -0.25) is 4.90 Å². The summed E-state index contributed by atoms with van der Waals surface area (Å²) in [5.74, 6) is 0. The second kappa shape index (κ2) is 6.75. The van der Waals surface area contributed by atoms with Crippen molar-refractivity contribution in [2.75, 3.05) is 26.2 Å². The molecule has 0 spiro atoms. The van der Waals surface area contributed by atoms with Crippen LogP contribution in [0.3, 0.4) is 0 Å². The first-order chi connectivity index (χ1) is 9.54. The quantitative estimate of drug-likeness (QED) is 0.918. The molecule has 4 heteroatoms. The van der Waals surface area contributed by atoms with Crippen LogP contribution >= 0.6 is 0 Å². The van der Waals surface area contributed by atoms with E-state index in [1.165, 1.54) is 11.1 Å². The highest BCUT2D eigenvalue weighted by Crippen LogP contribution is 2.10. The second-order valence-electron chi connectivity index (χ2n) is 5.85. The van der Waals surface area contributed by atoms with E-state index in [9.17, 15) is 4.79 Å². The van der Waals surface area contributed by atoms with E-state index >= 15 is 0 Å². The Bertz CT molecular complexity index is 434. The summed E-state index contributed by atoms with van der Waals surface area (Å²) in [4.78, 5) is 16.2. The van der Waals surface area contributed by atoms with Gasteiger partial charge in [0.05, 0.1) is 0 Å².